The van der Waals surface area contributed by atoms with Crippen molar-refractivity contribution in [2.75, 3.05) is 39.1 Å². The Morgan fingerprint density at radius 2 is 1.94 bits per heavy atom. The van der Waals surface area contributed by atoms with Gasteiger partial charge in [0.05, 0.1) is 35.0 Å². The molecule has 36 heavy (non-hydrogen) atoms. The Hall–Kier alpha value is -3.20. The summed E-state index contributed by atoms with van der Waals surface area (Å²) in [4.78, 5) is 4.71. The molecule has 3 heterocycles. The second-order valence-electron chi connectivity index (χ2n) is 9.22. The van der Waals surface area contributed by atoms with Crippen molar-refractivity contribution in [2.24, 2.45) is 0 Å². The van der Waals surface area contributed by atoms with Gasteiger partial charge in [0, 0.05) is 26.0 Å². The van der Waals surface area contributed by atoms with Crippen LogP contribution in [0.4, 0.5) is 11.5 Å². The molecule has 2 aromatic heterocycles. The highest BCUT2D eigenvalue weighted by Crippen LogP contribution is 2.39. The van der Waals surface area contributed by atoms with Gasteiger partial charge in [0.2, 0.25) is 15.9 Å². The first kappa shape index (κ1) is 25.9. The third kappa shape index (κ3) is 5.02. The van der Waals surface area contributed by atoms with E-state index >= 15 is 0 Å². The summed E-state index contributed by atoms with van der Waals surface area (Å²) in [5.41, 5.74) is 1.09. The Bertz CT molecular complexity index is 1340. The lowest BCUT2D eigenvalue weighted by atomic mass is 9.85. The van der Waals surface area contributed by atoms with Crippen LogP contribution in [0, 0.1) is 11.3 Å². The molecule has 0 spiro atoms. The first-order valence-corrected chi connectivity index (χ1v) is 13.6. The molecule has 4 rings (SSSR count). The zero-order valence-electron chi connectivity index (χ0n) is 21.0. The number of fused-ring (bicyclic) bond motifs is 1. The summed E-state index contributed by atoms with van der Waals surface area (Å²) < 4.78 is 34.1. The number of aromatic nitrogens is 3. The first-order chi connectivity index (χ1) is 17.3. The van der Waals surface area contributed by atoms with Crippen molar-refractivity contribution in [1.82, 2.24) is 24.4 Å². The number of rotatable bonds is 10. The summed E-state index contributed by atoms with van der Waals surface area (Å²) in [5, 5.41) is 22.1. The lowest BCUT2D eigenvalue weighted by molar-refractivity contribution is 0.197. The highest BCUT2D eigenvalue weighted by molar-refractivity contribution is 7.89. The smallest absolute Gasteiger partial charge is 0.242 e. The number of hydrogen-bond acceptors (Lipinski definition) is 8. The van der Waals surface area contributed by atoms with Gasteiger partial charge in [-0.3, -0.25) is 4.68 Å². The van der Waals surface area contributed by atoms with Crippen molar-refractivity contribution < 1.29 is 13.2 Å². The number of hydrogen-bond donors (Lipinski definition) is 2. The zero-order valence-corrected chi connectivity index (χ0v) is 21.8. The van der Waals surface area contributed by atoms with Crippen molar-refractivity contribution in [3.8, 4) is 11.9 Å². The van der Waals surface area contributed by atoms with E-state index in [0.29, 0.717) is 30.4 Å². The fraction of sp³-hybridized carbons (Fsp3) is 0.480. The predicted molar refractivity (Wildman–Crippen MR) is 139 cm³/mol. The van der Waals surface area contributed by atoms with Crippen molar-refractivity contribution >= 4 is 32.4 Å². The predicted octanol–water partition coefficient (Wildman–Crippen LogP) is 3.60. The van der Waals surface area contributed by atoms with E-state index in [2.05, 4.69) is 28.6 Å². The SMILES string of the molecule is CCCCOc1nccc2c1c(Nc1ccc(S(=O)(=O)N(C)C)cc1)nn2C1(CC#N)CCNCC1. The van der Waals surface area contributed by atoms with E-state index in [-0.39, 0.29) is 4.90 Å². The molecular weight excluding hydrogens is 478 g/mol. The highest BCUT2D eigenvalue weighted by Gasteiger charge is 2.37. The number of piperidine rings is 1. The maximum atomic E-state index is 12.5. The molecule has 0 saturated carbocycles. The number of benzene rings is 1. The van der Waals surface area contributed by atoms with Gasteiger partial charge in [0.1, 0.15) is 5.39 Å². The Balaban J connectivity index is 1.79. The van der Waals surface area contributed by atoms with E-state index in [1.807, 2.05) is 10.7 Å². The van der Waals surface area contributed by atoms with Crippen molar-refractivity contribution in [2.45, 2.75) is 49.5 Å². The number of anilines is 2. The average molecular weight is 512 g/mol. The molecule has 2 N–H and O–H groups in total. The lowest BCUT2D eigenvalue weighted by Gasteiger charge is -2.36. The van der Waals surface area contributed by atoms with Crippen LogP contribution in [-0.2, 0) is 15.6 Å². The van der Waals surface area contributed by atoms with Crippen LogP contribution in [0.3, 0.4) is 0 Å². The van der Waals surface area contributed by atoms with Crippen LogP contribution >= 0.6 is 0 Å². The Labute approximate surface area is 212 Å². The number of ether oxygens (including phenoxy) is 1. The molecule has 1 fully saturated rings. The number of nitrogens with one attached hydrogen (secondary N) is 2. The van der Waals surface area contributed by atoms with Gasteiger partial charge in [-0.15, -0.1) is 0 Å². The van der Waals surface area contributed by atoms with Gasteiger partial charge < -0.3 is 15.4 Å². The van der Waals surface area contributed by atoms with Crippen LogP contribution in [0.1, 0.15) is 39.0 Å². The fourth-order valence-electron chi connectivity index (χ4n) is 4.47. The highest BCUT2D eigenvalue weighted by atomic mass is 32.2. The molecule has 0 aliphatic carbocycles. The van der Waals surface area contributed by atoms with E-state index in [9.17, 15) is 13.7 Å². The maximum absolute atomic E-state index is 12.5. The summed E-state index contributed by atoms with van der Waals surface area (Å²) in [6.07, 6.45) is 5.52. The summed E-state index contributed by atoms with van der Waals surface area (Å²) >= 11 is 0. The van der Waals surface area contributed by atoms with Crippen LogP contribution in [0.5, 0.6) is 5.88 Å². The third-order valence-corrected chi connectivity index (χ3v) is 8.41. The van der Waals surface area contributed by atoms with Gasteiger partial charge in [0.25, 0.3) is 0 Å². The van der Waals surface area contributed by atoms with Gasteiger partial charge in [0.15, 0.2) is 5.82 Å². The summed E-state index contributed by atoms with van der Waals surface area (Å²) in [5.74, 6) is 1.05. The van der Waals surface area contributed by atoms with Crippen molar-refractivity contribution in [3.05, 3.63) is 36.5 Å². The second-order valence-corrected chi connectivity index (χ2v) is 11.4. The molecule has 0 amide bonds. The summed E-state index contributed by atoms with van der Waals surface area (Å²) in [6, 6.07) is 10.8. The van der Waals surface area contributed by atoms with Gasteiger partial charge in [-0.25, -0.2) is 17.7 Å². The van der Waals surface area contributed by atoms with E-state index in [1.165, 1.54) is 18.4 Å². The molecule has 1 saturated heterocycles. The molecule has 1 aliphatic rings. The van der Waals surface area contributed by atoms with Gasteiger partial charge in [-0.2, -0.15) is 10.4 Å². The van der Waals surface area contributed by atoms with Gasteiger partial charge in [-0.1, -0.05) is 13.3 Å². The Morgan fingerprint density at radius 1 is 1.22 bits per heavy atom. The lowest BCUT2D eigenvalue weighted by Crippen LogP contribution is -2.44. The first-order valence-electron chi connectivity index (χ1n) is 12.2. The van der Waals surface area contributed by atoms with E-state index in [4.69, 9.17) is 9.84 Å². The molecule has 0 unspecified atom stereocenters. The van der Waals surface area contributed by atoms with E-state index in [0.717, 1.165) is 49.7 Å². The van der Waals surface area contributed by atoms with Crippen LogP contribution in [0.15, 0.2) is 41.4 Å². The minimum Gasteiger partial charge on any atom is -0.477 e. The summed E-state index contributed by atoms with van der Waals surface area (Å²) in [6.45, 7) is 4.25. The summed E-state index contributed by atoms with van der Waals surface area (Å²) in [7, 11) is -0.516. The Kier molecular flexibility index (Phi) is 7.78. The molecular formula is C25H33N7O3S. The minimum atomic E-state index is -3.53. The zero-order chi connectivity index (χ0) is 25.8. The van der Waals surface area contributed by atoms with Crippen LogP contribution < -0.4 is 15.4 Å². The van der Waals surface area contributed by atoms with Crippen molar-refractivity contribution in [1.29, 1.82) is 5.26 Å². The largest absolute Gasteiger partial charge is 0.477 e. The quantitative estimate of drug-likeness (QED) is 0.396. The van der Waals surface area contributed by atoms with Crippen LogP contribution in [-0.4, -0.2) is 61.3 Å². The minimum absolute atomic E-state index is 0.210. The standard InChI is InChI=1S/C25H33N7O3S/c1-4-5-18-35-24-22-21(10-15-28-24)32(25(11-14-26)12-16-27-17-13-25)30-23(22)29-19-6-8-20(9-7-19)36(33,34)31(2)3/h6-10,15,27H,4-5,11-13,16-18H2,1-3H3,(H,29,30). The number of pyridine rings is 1. The van der Waals surface area contributed by atoms with E-state index in [1.54, 1.807) is 30.5 Å². The molecule has 3 aromatic rings. The molecule has 0 bridgehead atoms. The Morgan fingerprint density at radius 3 is 2.58 bits per heavy atom. The number of sulfonamides is 1. The average Bonchev–Trinajstić information content (AvgIpc) is 3.25. The third-order valence-electron chi connectivity index (χ3n) is 6.58. The van der Waals surface area contributed by atoms with Crippen molar-refractivity contribution in [3.63, 3.8) is 0 Å². The number of nitrogens with zero attached hydrogens (tertiary/aromatic N) is 5. The van der Waals surface area contributed by atoms with Crippen LogP contribution in [0.25, 0.3) is 10.9 Å². The maximum Gasteiger partial charge on any atom is 0.242 e. The van der Waals surface area contributed by atoms with Crippen LogP contribution in [0.2, 0.25) is 0 Å². The topological polar surface area (TPSA) is 125 Å². The number of nitriles is 1. The molecule has 1 aromatic carbocycles. The molecule has 0 radical (unpaired) electrons. The molecule has 0 atom stereocenters. The number of unbranched alkanes of at least 4 members (excludes halogenated alkanes) is 1. The normalized spacial score (nSPS) is 15.6. The molecule has 192 valence electrons. The van der Waals surface area contributed by atoms with Gasteiger partial charge >= 0.3 is 0 Å². The molecule has 1 aliphatic heterocycles. The fourth-order valence-corrected chi connectivity index (χ4v) is 5.37. The second kappa shape index (κ2) is 10.8. The van der Waals surface area contributed by atoms with Gasteiger partial charge in [-0.05, 0) is 62.7 Å². The molecule has 11 heteroatoms. The monoisotopic (exact) mass is 511 g/mol. The van der Waals surface area contributed by atoms with E-state index < -0.39 is 15.6 Å². The molecule has 10 nitrogen and oxygen atoms in total.